The van der Waals surface area contributed by atoms with Crippen LogP contribution in [-0.4, -0.2) is 11.3 Å². The first-order valence-electron chi connectivity index (χ1n) is 4.69. The first-order valence-corrected chi connectivity index (χ1v) is 5.82. The Kier molecular flexibility index (Phi) is 3.67. The summed E-state index contributed by atoms with van der Waals surface area (Å²) in [6.07, 6.45) is 0.661. The standard InChI is InChI=1S/C12H6Cl3NO/c13-9-3-1-7(5-10(9)14)11-4-2-8(6-17)12(15)16-11/h1-6H. The molecule has 1 heterocycles. The zero-order valence-electron chi connectivity index (χ0n) is 8.45. The highest BCUT2D eigenvalue weighted by atomic mass is 35.5. The van der Waals surface area contributed by atoms with Crippen molar-refractivity contribution in [2.45, 2.75) is 0 Å². The summed E-state index contributed by atoms with van der Waals surface area (Å²) in [5, 5.41) is 1.09. The molecule has 5 heteroatoms. The SMILES string of the molecule is O=Cc1ccc(-c2ccc(Cl)c(Cl)c2)nc1Cl. The molecular weight excluding hydrogens is 280 g/mol. The predicted molar refractivity (Wildman–Crippen MR) is 70.1 cm³/mol. The van der Waals surface area contributed by atoms with Gasteiger partial charge in [0.15, 0.2) is 6.29 Å². The van der Waals surface area contributed by atoms with E-state index in [1.807, 2.05) is 0 Å². The number of halogens is 3. The molecule has 86 valence electrons. The second-order valence-corrected chi connectivity index (χ2v) is 4.50. The Morgan fingerprint density at radius 2 is 1.76 bits per heavy atom. The number of pyridine rings is 1. The topological polar surface area (TPSA) is 30.0 Å². The number of carbonyl (C=O) groups is 1. The molecule has 1 aromatic heterocycles. The van der Waals surface area contributed by atoms with Crippen molar-refractivity contribution in [1.29, 1.82) is 0 Å². The van der Waals surface area contributed by atoms with Crippen LogP contribution in [0.3, 0.4) is 0 Å². The summed E-state index contributed by atoms with van der Waals surface area (Å²) in [4.78, 5) is 14.7. The molecule has 2 aromatic rings. The number of benzene rings is 1. The second-order valence-electron chi connectivity index (χ2n) is 3.32. The summed E-state index contributed by atoms with van der Waals surface area (Å²) in [7, 11) is 0. The van der Waals surface area contributed by atoms with Gasteiger partial charge in [0, 0.05) is 5.56 Å². The van der Waals surface area contributed by atoms with E-state index in [2.05, 4.69) is 4.98 Å². The van der Waals surface area contributed by atoms with Crippen LogP contribution in [0, 0.1) is 0 Å². The van der Waals surface area contributed by atoms with E-state index >= 15 is 0 Å². The molecule has 0 amide bonds. The fourth-order valence-electron chi connectivity index (χ4n) is 1.35. The third-order valence-corrected chi connectivity index (χ3v) is 3.26. The van der Waals surface area contributed by atoms with Gasteiger partial charge in [0.2, 0.25) is 0 Å². The van der Waals surface area contributed by atoms with Crippen molar-refractivity contribution in [2.75, 3.05) is 0 Å². The molecular formula is C12H6Cl3NO. The lowest BCUT2D eigenvalue weighted by Gasteiger charge is -2.04. The average molecular weight is 287 g/mol. The molecule has 17 heavy (non-hydrogen) atoms. The van der Waals surface area contributed by atoms with Crippen molar-refractivity contribution in [3.63, 3.8) is 0 Å². The normalized spacial score (nSPS) is 10.3. The van der Waals surface area contributed by atoms with Gasteiger partial charge in [-0.1, -0.05) is 40.9 Å². The maximum absolute atomic E-state index is 10.6. The lowest BCUT2D eigenvalue weighted by molar-refractivity contribution is 0.112. The minimum Gasteiger partial charge on any atom is -0.298 e. The molecule has 0 bridgehead atoms. The molecule has 0 aliphatic rings. The fraction of sp³-hybridized carbons (Fsp3) is 0. The average Bonchev–Trinajstić information content (AvgIpc) is 2.32. The Labute approximate surface area is 113 Å². The molecule has 0 saturated carbocycles. The van der Waals surface area contributed by atoms with Gasteiger partial charge in [0.1, 0.15) is 5.15 Å². The van der Waals surface area contributed by atoms with Crippen molar-refractivity contribution in [1.82, 2.24) is 4.98 Å². The van der Waals surface area contributed by atoms with Crippen LogP contribution in [0.15, 0.2) is 30.3 Å². The highest BCUT2D eigenvalue weighted by molar-refractivity contribution is 6.42. The van der Waals surface area contributed by atoms with Crippen molar-refractivity contribution in [2.24, 2.45) is 0 Å². The maximum Gasteiger partial charge on any atom is 0.153 e. The summed E-state index contributed by atoms with van der Waals surface area (Å²) in [6.45, 7) is 0. The van der Waals surface area contributed by atoms with Gasteiger partial charge in [0.25, 0.3) is 0 Å². The summed E-state index contributed by atoms with van der Waals surface area (Å²) in [6, 6.07) is 8.48. The number of rotatable bonds is 2. The largest absolute Gasteiger partial charge is 0.298 e. The Morgan fingerprint density at radius 1 is 1.00 bits per heavy atom. The van der Waals surface area contributed by atoms with E-state index in [1.165, 1.54) is 0 Å². The summed E-state index contributed by atoms with van der Waals surface area (Å²) < 4.78 is 0. The number of nitrogens with zero attached hydrogens (tertiary/aromatic N) is 1. The van der Waals surface area contributed by atoms with Gasteiger partial charge in [0.05, 0.1) is 21.3 Å². The molecule has 2 nitrogen and oxygen atoms in total. The van der Waals surface area contributed by atoms with Crippen LogP contribution in [-0.2, 0) is 0 Å². The fourth-order valence-corrected chi connectivity index (χ4v) is 1.85. The van der Waals surface area contributed by atoms with E-state index in [9.17, 15) is 4.79 Å². The first-order chi connectivity index (χ1) is 8.11. The summed E-state index contributed by atoms with van der Waals surface area (Å²) in [5.41, 5.74) is 1.79. The highest BCUT2D eigenvalue weighted by Gasteiger charge is 2.06. The number of hydrogen-bond donors (Lipinski definition) is 0. The highest BCUT2D eigenvalue weighted by Crippen LogP contribution is 2.28. The second kappa shape index (κ2) is 5.05. The number of aldehydes is 1. The Bertz CT molecular complexity index is 584. The minimum absolute atomic E-state index is 0.170. The summed E-state index contributed by atoms with van der Waals surface area (Å²) >= 11 is 17.6. The van der Waals surface area contributed by atoms with Crippen LogP contribution in [0.25, 0.3) is 11.3 Å². The summed E-state index contributed by atoms with van der Waals surface area (Å²) in [5.74, 6) is 0. The number of aromatic nitrogens is 1. The van der Waals surface area contributed by atoms with Crippen molar-refractivity contribution < 1.29 is 4.79 Å². The molecule has 2 rings (SSSR count). The van der Waals surface area contributed by atoms with Crippen molar-refractivity contribution in [3.8, 4) is 11.3 Å². The van der Waals surface area contributed by atoms with Gasteiger partial charge in [-0.15, -0.1) is 0 Å². The Morgan fingerprint density at radius 3 is 2.35 bits per heavy atom. The van der Waals surface area contributed by atoms with Gasteiger partial charge in [-0.3, -0.25) is 4.79 Å². The van der Waals surface area contributed by atoms with E-state index < -0.39 is 0 Å². The first kappa shape index (κ1) is 12.4. The van der Waals surface area contributed by atoms with Gasteiger partial charge >= 0.3 is 0 Å². The monoisotopic (exact) mass is 285 g/mol. The van der Waals surface area contributed by atoms with Crippen LogP contribution in [0.4, 0.5) is 0 Å². The third-order valence-electron chi connectivity index (χ3n) is 2.22. The van der Waals surface area contributed by atoms with Crippen LogP contribution in [0.1, 0.15) is 10.4 Å². The zero-order chi connectivity index (χ0) is 12.4. The molecule has 0 unspecified atom stereocenters. The molecule has 0 N–H and O–H groups in total. The van der Waals surface area contributed by atoms with E-state index in [0.29, 0.717) is 27.6 Å². The van der Waals surface area contributed by atoms with E-state index in [0.717, 1.165) is 5.56 Å². The molecule has 0 radical (unpaired) electrons. The molecule has 0 aliphatic heterocycles. The lowest BCUT2D eigenvalue weighted by Crippen LogP contribution is -1.89. The van der Waals surface area contributed by atoms with Crippen molar-refractivity contribution >= 4 is 41.1 Å². The molecule has 0 saturated heterocycles. The molecule has 0 spiro atoms. The number of hydrogen-bond acceptors (Lipinski definition) is 2. The number of carbonyl (C=O) groups excluding carboxylic acids is 1. The molecule has 0 fully saturated rings. The molecule has 1 aromatic carbocycles. The van der Waals surface area contributed by atoms with E-state index in [4.69, 9.17) is 34.8 Å². The minimum atomic E-state index is 0.170. The molecule has 0 atom stereocenters. The zero-order valence-corrected chi connectivity index (χ0v) is 10.7. The van der Waals surface area contributed by atoms with Crippen LogP contribution in [0.2, 0.25) is 15.2 Å². The van der Waals surface area contributed by atoms with Crippen LogP contribution >= 0.6 is 34.8 Å². The smallest absolute Gasteiger partial charge is 0.153 e. The Hall–Kier alpha value is -1.09. The Balaban J connectivity index is 2.49. The van der Waals surface area contributed by atoms with E-state index in [1.54, 1.807) is 30.3 Å². The van der Waals surface area contributed by atoms with E-state index in [-0.39, 0.29) is 5.15 Å². The van der Waals surface area contributed by atoms with Gasteiger partial charge < -0.3 is 0 Å². The third kappa shape index (κ3) is 2.60. The van der Waals surface area contributed by atoms with Gasteiger partial charge in [-0.2, -0.15) is 0 Å². The quantitative estimate of drug-likeness (QED) is 0.600. The lowest BCUT2D eigenvalue weighted by atomic mass is 10.1. The van der Waals surface area contributed by atoms with Crippen LogP contribution < -0.4 is 0 Å². The van der Waals surface area contributed by atoms with Gasteiger partial charge in [-0.25, -0.2) is 4.98 Å². The van der Waals surface area contributed by atoms with Crippen LogP contribution in [0.5, 0.6) is 0 Å². The molecule has 0 aliphatic carbocycles. The van der Waals surface area contributed by atoms with Gasteiger partial charge in [-0.05, 0) is 24.3 Å². The maximum atomic E-state index is 10.6. The predicted octanol–water partition coefficient (Wildman–Crippen LogP) is 4.52. The van der Waals surface area contributed by atoms with Crippen molar-refractivity contribution in [3.05, 3.63) is 51.1 Å².